The Morgan fingerprint density at radius 1 is 1.44 bits per heavy atom. The number of hydrogen-bond acceptors (Lipinski definition) is 2. The highest BCUT2D eigenvalue weighted by Gasteiger charge is 2.15. The zero-order valence-electron chi connectivity index (χ0n) is 10.7. The molecular formula is C14H17BrClNO. The zero-order valence-corrected chi connectivity index (χ0v) is 13.0. The van der Waals surface area contributed by atoms with Crippen LogP contribution >= 0.6 is 27.5 Å². The molecule has 4 heteroatoms. The summed E-state index contributed by atoms with van der Waals surface area (Å²) in [5.41, 5.74) is 0.782. The number of nitrogens with zero attached hydrogens (tertiary/aromatic N) is 1. The van der Waals surface area contributed by atoms with E-state index in [2.05, 4.69) is 22.0 Å². The van der Waals surface area contributed by atoms with E-state index in [0.29, 0.717) is 12.5 Å². The summed E-state index contributed by atoms with van der Waals surface area (Å²) in [5, 5.41) is 8.90. The van der Waals surface area contributed by atoms with Gasteiger partial charge in [-0.15, -0.1) is 11.6 Å². The number of ether oxygens (including phenoxy) is 1. The van der Waals surface area contributed by atoms with Crippen molar-refractivity contribution >= 4 is 27.5 Å². The molecule has 0 aliphatic carbocycles. The third-order valence-electron chi connectivity index (χ3n) is 2.66. The van der Waals surface area contributed by atoms with E-state index in [1.807, 2.05) is 32.0 Å². The van der Waals surface area contributed by atoms with Crippen molar-refractivity contribution in [3.8, 4) is 11.8 Å². The van der Waals surface area contributed by atoms with Crippen LogP contribution in [0.1, 0.15) is 32.3 Å². The standard InChI is InChI=1S/C14H17BrClNO/c1-14(2,10-17)6-3-7-18-13-5-4-11(9-16)8-12(13)15/h4-5,8H,3,6-7,9H2,1-2H3. The predicted octanol–water partition coefficient (Wildman–Crippen LogP) is 4.90. The maximum absolute atomic E-state index is 8.90. The summed E-state index contributed by atoms with van der Waals surface area (Å²) < 4.78 is 6.59. The van der Waals surface area contributed by atoms with Gasteiger partial charge < -0.3 is 4.74 Å². The largest absolute Gasteiger partial charge is 0.492 e. The fraction of sp³-hybridized carbons (Fsp3) is 0.500. The van der Waals surface area contributed by atoms with E-state index in [1.54, 1.807) is 0 Å². The van der Waals surface area contributed by atoms with Gasteiger partial charge >= 0.3 is 0 Å². The van der Waals surface area contributed by atoms with Gasteiger partial charge in [-0.3, -0.25) is 0 Å². The molecule has 1 aromatic rings. The fourth-order valence-electron chi connectivity index (χ4n) is 1.50. The topological polar surface area (TPSA) is 33.0 Å². The highest BCUT2D eigenvalue weighted by atomic mass is 79.9. The van der Waals surface area contributed by atoms with Crippen LogP contribution in [-0.4, -0.2) is 6.61 Å². The van der Waals surface area contributed by atoms with Crippen LogP contribution in [0.3, 0.4) is 0 Å². The number of rotatable bonds is 6. The first kappa shape index (κ1) is 15.3. The normalized spacial score (nSPS) is 11.1. The average molecular weight is 331 g/mol. The van der Waals surface area contributed by atoms with Crippen molar-refractivity contribution < 1.29 is 4.74 Å². The number of benzene rings is 1. The molecule has 98 valence electrons. The first-order valence-electron chi connectivity index (χ1n) is 5.87. The Morgan fingerprint density at radius 3 is 2.72 bits per heavy atom. The molecule has 0 radical (unpaired) electrons. The minimum Gasteiger partial charge on any atom is -0.492 e. The van der Waals surface area contributed by atoms with E-state index in [0.717, 1.165) is 28.6 Å². The van der Waals surface area contributed by atoms with Crippen LogP contribution in [0, 0.1) is 16.7 Å². The van der Waals surface area contributed by atoms with Gasteiger partial charge in [-0.05, 0) is 60.3 Å². The molecule has 2 nitrogen and oxygen atoms in total. The van der Waals surface area contributed by atoms with Gasteiger partial charge in [0.25, 0.3) is 0 Å². The van der Waals surface area contributed by atoms with Crippen LogP contribution in [0.4, 0.5) is 0 Å². The van der Waals surface area contributed by atoms with Crippen molar-refractivity contribution in [1.82, 2.24) is 0 Å². The van der Waals surface area contributed by atoms with E-state index in [-0.39, 0.29) is 5.41 Å². The van der Waals surface area contributed by atoms with E-state index in [1.165, 1.54) is 0 Å². The maximum Gasteiger partial charge on any atom is 0.133 e. The lowest BCUT2D eigenvalue weighted by molar-refractivity contribution is 0.283. The summed E-state index contributed by atoms with van der Waals surface area (Å²) in [6.45, 7) is 4.50. The van der Waals surface area contributed by atoms with Gasteiger partial charge in [-0.25, -0.2) is 0 Å². The smallest absolute Gasteiger partial charge is 0.133 e. The number of hydrogen-bond donors (Lipinski definition) is 0. The van der Waals surface area contributed by atoms with Crippen LogP contribution in [0.25, 0.3) is 0 Å². The highest BCUT2D eigenvalue weighted by Crippen LogP contribution is 2.27. The van der Waals surface area contributed by atoms with E-state index < -0.39 is 0 Å². The lowest BCUT2D eigenvalue weighted by Crippen LogP contribution is -2.10. The molecule has 0 bridgehead atoms. The maximum atomic E-state index is 8.90. The lowest BCUT2D eigenvalue weighted by Gasteiger charge is -2.15. The predicted molar refractivity (Wildman–Crippen MR) is 77.8 cm³/mol. The quantitative estimate of drug-likeness (QED) is 0.549. The van der Waals surface area contributed by atoms with Crippen LogP contribution < -0.4 is 4.74 Å². The summed E-state index contributed by atoms with van der Waals surface area (Å²) in [6.07, 6.45) is 1.70. The average Bonchev–Trinajstić information content (AvgIpc) is 2.36. The van der Waals surface area contributed by atoms with Gasteiger partial charge in [0.2, 0.25) is 0 Å². The molecule has 1 aromatic carbocycles. The van der Waals surface area contributed by atoms with Crippen molar-refractivity contribution in [3.63, 3.8) is 0 Å². The fourth-order valence-corrected chi connectivity index (χ4v) is 2.20. The molecule has 0 unspecified atom stereocenters. The van der Waals surface area contributed by atoms with Gasteiger partial charge in [0.1, 0.15) is 5.75 Å². The van der Waals surface area contributed by atoms with Crippen molar-refractivity contribution in [2.45, 2.75) is 32.6 Å². The molecule has 0 aromatic heterocycles. The SMILES string of the molecule is CC(C)(C#N)CCCOc1ccc(CCl)cc1Br. The zero-order chi connectivity index (χ0) is 13.6. The summed E-state index contributed by atoms with van der Waals surface area (Å²) in [6, 6.07) is 8.11. The summed E-state index contributed by atoms with van der Waals surface area (Å²) in [5.74, 6) is 1.31. The van der Waals surface area contributed by atoms with Gasteiger partial charge in [0, 0.05) is 5.88 Å². The van der Waals surface area contributed by atoms with E-state index >= 15 is 0 Å². The molecule has 0 N–H and O–H groups in total. The Balaban J connectivity index is 2.43. The second kappa shape index (κ2) is 7.01. The van der Waals surface area contributed by atoms with Crippen LogP contribution in [0.15, 0.2) is 22.7 Å². The molecule has 0 saturated carbocycles. The number of nitriles is 1. The molecule has 0 aliphatic rings. The van der Waals surface area contributed by atoms with E-state index in [4.69, 9.17) is 21.6 Å². The van der Waals surface area contributed by atoms with Crippen LogP contribution in [0.5, 0.6) is 5.75 Å². The number of alkyl halides is 1. The van der Waals surface area contributed by atoms with Gasteiger partial charge in [-0.2, -0.15) is 5.26 Å². The molecule has 0 saturated heterocycles. The first-order chi connectivity index (χ1) is 8.48. The Labute approximate surface area is 122 Å². The van der Waals surface area contributed by atoms with Gasteiger partial charge in [0.05, 0.1) is 22.6 Å². The first-order valence-corrected chi connectivity index (χ1v) is 7.20. The Bertz CT molecular complexity index is 440. The monoisotopic (exact) mass is 329 g/mol. The Morgan fingerprint density at radius 2 is 2.17 bits per heavy atom. The molecule has 1 rings (SSSR count). The molecule has 18 heavy (non-hydrogen) atoms. The van der Waals surface area contributed by atoms with Crippen molar-refractivity contribution in [2.75, 3.05) is 6.61 Å². The van der Waals surface area contributed by atoms with Gasteiger partial charge in [0.15, 0.2) is 0 Å². The molecule has 0 aliphatic heterocycles. The minimum absolute atomic E-state index is 0.275. The summed E-state index contributed by atoms with van der Waals surface area (Å²) in [4.78, 5) is 0. The lowest BCUT2D eigenvalue weighted by atomic mass is 9.90. The molecule has 0 spiro atoms. The van der Waals surface area contributed by atoms with Crippen molar-refractivity contribution in [3.05, 3.63) is 28.2 Å². The molecular weight excluding hydrogens is 314 g/mol. The Hall–Kier alpha value is -0.720. The third kappa shape index (κ3) is 4.88. The van der Waals surface area contributed by atoms with Crippen LogP contribution in [0.2, 0.25) is 0 Å². The highest BCUT2D eigenvalue weighted by molar-refractivity contribution is 9.10. The van der Waals surface area contributed by atoms with E-state index in [9.17, 15) is 0 Å². The second-order valence-corrected chi connectivity index (χ2v) is 5.97. The van der Waals surface area contributed by atoms with Gasteiger partial charge in [-0.1, -0.05) is 6.07 Å². The Kier molecular flexibility index (Phi) is 5.98. The number of halogens is 2. The molecule has 0 heterocycles. The van der Waals surface area contributed by atoms with Crippen molar-refractivity contribution in [1.29, 1.82) is 5.26 Å². The van der Waals surface area contributed by atoms with Crippen molar-refractivity contribution in [2.24, 2.45) is 5.41 Å². The second-order valence-electron chi connectivity index (χ2n) is 4.85. The van der Waals surface area contributed by atoms with Crippen LogP contribution in [-0.2, 0) is 5.88 Å². The molecule has 0 atom stereocenters. The minimum atomic E-state index is -0.275. The summed E-state index contributed by atoms with van der Waals surface area (Å²) >= 11 is 9.21. The summed E-state index contributed by atoms with van der Waals surface area (Å²) in [7, 11) is 0. The third-order valence-corrected chi connectivity index (χ3v) is 3.59. The molecule has 0 fully saturated rings. The molecule has 0 amide bonds.